The van der Waals surface area contributed by atoms with Crippen molar-refractivity contribution in [1.82, 2.24) is 25.1 Å². The van der Waals surface area contributed by atoms with Gasteiger partial charge in [0.05, 0.1) is 6.04 Å². The summed E-state index contributed by atoms with van der Waals surface area (Å²) in [6.07, 6.45) is 5.03. The fourth-order valence-corrected chi connectivity index (χ4v) is 2.94. The Morgan fingerprint density at radius 2 is 2.07 bits per heavy atom. The number of aromatic nitrogens is 4. The van der Waals surface area contributed by atoms with E-state index in [1.807, 2.05) is 0 Å². The van der Waals surface area contributed by atoms with Crippen LogP contribution in [0.5, 0.6) is 0 Å². The number of fused-ring (bicyclic) bond motifs is 1. The first-order chi connectivity index (χ1) is 7.36. The van der Waals surface area contributed by atoms with Gasteiger partial charge in [-0.25, -0.2) is 4.68 Å². The maximum absolute atomic E-state index is 5.75. The molecule has 15 heavy (non-hydrogen) atoms. The Morgan fingerprint density at radius 3 is 2.87 bits per heavy atom. The standard InChI is InChI=1S/C9H16N6/c10-9-11-12-13-15(9)8-4-6-14-5-2-1-3-7(8)14/h7-8H,1-6H2,(H2,10,11,13). The van der Waals surface area contributed by atoms with Gasteiger partial charge in [0.15, 0.2) is 0 Å². The van der Waals surface area contributed by atoms with Crippen molar-refractivity contribution in [2.75, 3.05) is 18.8 Å². The molecule has 2 fully saturated rings. The van der Waals surface area contributed by atoms with E-state index in [1.54, 1.807) is 4.68 Å². The summed E-state index contributed by atoms with van der Waals surface area (Å²) in [4.78, 5) is 2.55. The molecule has 2 saturated heterocycles. The van der Waals surface area contributed by atoms with Crippen LogP contribution in [-0.2, 0) is 0 Å². The third-order valence-electron chi connectivity index (χ3n) is 3.65. The van der Waals surface area contributed by atoms with Crippen LogP contribution in [0.3, 0.4) is 0 Å². The second kappa shape index (κ2) is 3.44. The van der Waals surface area contributed by atoms with Crippen LogP contribution in [0.2, 0.25) is 0 Å². The summed E-state index contributed by atoms with van der Waals surface area (Å²) in [5, 5.41) is 11.4. The monoisotopic (exact) mass is 208 g/mol. The molecule has 0 amide bonds. The molecule has 6 heteroatoms. The molecule has 2 atom stereocenters. The van der Waals surface area contributed by atoms with Gasteiger partial charge in [-0.1, -0.05) is 11.5 Å². The summed E-state index contributed by atoms with van der Waals surface area (Å²) in [6, 6.07) is 0.991. The van der Waals surface area contributed by atoms with Gasteiger partial charge in [-0.05, 0) is 36.2 Å². The van der Waals surface area contributed by atoms with Gasteiger partial charge in [0.2, 0.25) is 5.95 Å². The molecule has 2 unspecified atom stereocenters. The molecule has 2 aliphatic rings. The number of anilines is 1. The van der Waals surface area contributed by atoms with Crippen LogP contribution in [0.25, 0.3) is 0 Å². The molecule has 0 spiro atoms. The molecule has 1 aromatic rings. The molecule has 2 N–H and O–H groups in total. The normalized spacial score (nSPS) is 31.7. The lowest BCUT2D eigenvalue weighted by Gasteiger charge is -2.32. The largest absolute Gasteiger partial charge is 0.367 e. The van der Waals surface area contributed by atoms with Crippen LogP contribution >= 0.6 is 0 Å². The van der Waals surface area contributed by atoms with Crippen molar-refractivity contribution >= 4 is 5.95 Å². The van der Waals surface area contributed by atoms with Crippen molar-refractivity contribution < 1.29 is 0 Å². The molecule has 0 radical (unpaired) electrons. The Bertz CT molecular complexity index is 348. The van der Waals surface area contributed by atoms with Crippen molar-refractivity contribution in [3.05, 3.63) is 0 Å². The Hall–Kier alpha value is -1.17. The van der Waals surface area contributed by atoms with E-state index in [9.17, 15) is 0 Å². The average Bonchev–Trinajstić information content (AvgIpc) is 2.83. The van der Waals surface area contributed by atoms with Crippen LogP contribution in [0.15, 0.2) is 0 Å². The quantitative estimate of drug-likeness (QED) is 0.706. The van der Waals surface area contributed by atoms with Crippen LogP contribution in [-0.4, -0.2) is 44.2 Å². The van der Waals surface area contributed by atoms with Gasteiger partial charge >= 0.3 is 0 Å². The lowest BCUT2D eigenvalue weighted by molar-refractivity contribution is 0.169. The molecule has 0 aromatic carbocycles. The molecule has 0 bridgehead atoms. The van der Waals surface area contributed by atoms with E-state index in [2.05, 4.69) is 20.4 Å². The van der Waals surface area contributed by atoms with E-state index in [1.165, 1.54) is 25.8 Å². The Balaban J connectivity index is 1.85. The van der Waals surface area contributed by atoms with Gasteiger partial charge < -0.3 is 5.73 Å². The van der Waals surface area contributed by atoms with Crippen molar-refractivity contribution in [3.8, 4) is 0 Å². The first-order valence-electron chi connectivity index (χ1n) is 5.63. The molecular weight excluding hydrogens is 192 g/mol. The number of nitrogen functional groups attached to an aromatic ring is 1. The number of nitrogens with two attached hydrogens (primary N) is 1. The van der Waals surface area contributed by atoms with E-state index in [0.29, 0.717) is 18.0 Å². The van der Waals surface area contributed by atoms with Gasteiger partial charge in [-0.15, -0.1) is 0 Å². The van der Waals surface area contributed by atoms with E-state index in [-0.39, 0.29) is 0 Å². The van der Waals surface area contributed by atoms with Gasteiger partial charge in [0, 0.05) is 12.6 Å². The van der Waals surface area contributed by atoms with E-state index >= 15 is 0 Å². The van der Waals surface area contributed by atoms with Crippen LogP contribution < -0.4 is 5.73 Å². The molecule has 3 rings (SSSR count). The van der Waals surface area contributed by atoms with E-state index in [4.69, 9.17) is 5.73 Å². The summed E-state index contributed by atoms with van der Waals surface area (Å²) < 4.78 is 1.80. The molecule has 2 aliphatic heterocycles. The highest BCUT2D eigenvalue weighted by Crippen LogP contribution is 2.35. The Kier molecular flexibility index (Phi) is 2.09. The summed E-state index contributed by atoms with van der Waals surface area (Å²) in [7, 11) is 0. The van der Waals surface area contributed by atoms with Gasteiger partial charge in [-0.3, -0.25) is 4.90 Å². The molecule has 1 aromatic heterocycles. The van der Waals surface area contributed by atoms with Crippen LogP contribution in [0.4, 0.5) is 5.95 Å². The van der Waals surface area contributed by atoms with Crippen LogP contribution in [0, 0.1) is 0 Å². The minimum absolute atomic E-state index is 0.389. The molecule has 0 aliphatic carbocycles. The molecule has 82 valence electrons. The first-order valence-corrected chi connectivity index (χ1v) is 5.63. The summed E-state index contributed by atoms with van der Waals surface area (Å²) >= 11 is 0. The number of tetrazole rings is 1. The second-order valence-electron chi connectivity index (χ2n) is 4.44. The molecular formula is C9H16N6. The molecule has 3 heterocycles. The lowest BCUT2D eigenvalue weighted by Crippen LogP contribution is -2.38. The Labute approximate surface area is 88.4 Å². The number of piperidine rings is 1. The van der Waals surface area contributed by atoms with Gasteiger partial charge in [0.1, 0.15) is 0 Å². The average molecular weight is 208 g/mol. The maximum atomic E-state index is 5.75. The smallest absolute Gasteiger partial charge is 0.240 e. The summed E-state index contributed by atoms with van der Waals surface area (Å²) in [5.41, 5.74) is 5.75. The third-order valence-corrected chi connectivity index (χ3v) is 3.65. The van der Waals surface area contributed by atoms with Crippen molar-refractivity contribution in [3.63, 3.8) is 0 Å². The highest BCUT2D eigenvalue weighted by atomic mass is 15.6. The zero-order chi connectivity index (χ0) is 10.3. The highest BCUT2D eigenvalue weighted by molar-refractivity contribution is 5.13. The lowest BCUT2D eigenvalue weighted by atomic mass is 9.99. The minimum Gasteiger partial charge on any atom is -0.367 e. The number of nitrogens with zero attached hydrogens (tertiary/aromatic N) is 5. The summed E-state index contributed by atoms with van der Waals surface area (Å²) in [6.45, 7) is 2.39. The number of hydrogen-bond acceptors (Lipinski definition) is 5. The van der Waals surface area contributed by atoms with Crippen molar-refractivity contribution in [1.29, 1.82) is 0 Å². The number of hydrogen-bond donors (Lipinski definition) is 1. The predicted octanol–water partition coefficient (Wildman–Crippen LogP) is 0.0546. The van der Waals surface area contributed by atoms with E-state index < -0.39 is 0 Å². The molecule has 0 saturated carbocycles. The SMILES string of the molecule is Nc1nnnn1C1CCN2CCCCC12. The van der Waals surface area contributed by atoms with Crippen LogP contribution in [0.1, 0.15) is 31.7 Å². The third kappa shape index (κ3) is 1.40. The topological polar surface area (TPSA) is 72.9 Å². The van der Waals surface area contributed by atoms with Crippen molar-refractivity contribution in [2.24, 2.45) is 0 Å². The first kappa shape index (κ1) is 9.08. The van der Waals surface area contributed by atoms with E-state index in [0.717, 1.165) is 13.0 Å². The Morgan fingerprint density at radius 1 is 1.13 bits per heavy atom. The zero-order valence-electron chi connectivity index (χ0n) is 8.71. The van der Waals surface area contributed by atoms with Gasteiger partial charge in [0.25, 0.3) is 0 Å². The fourth-order valence-electron chi connectivity index (χ4n) is 2.94. The maximum Gasteiger partial charge on any atom is 0.240 e. The zero-order valence-corrected chi connectivity index (χ0v) is 8.71. The van der Waals surface area contributed by atoms with Crippen molar-refractivity contribution in [2.45, 2.75) is 37.8 Å². The second-order valence-corrected chi connectivity index (χ2v) is 4.44. The highest BCUT2D eigenvalue weighted by Gasteiger charge is 2.37. The molecule has 6 nitrogen and oxygen atoms in total. The van der Waals surface area contributed by atoms with Gasteiger partial charge in [-0.2, -0.15) is 0 Å². The minimum atomic E-state index is 0.389. The summed E-state index contributed by atoms with van der Waals surface area (Å²) in [5.74, 6) is 0.451. The number of rotatable bonds is 1. The fraction of sp³-hybridized carbons (Fsp3) is 0.889. The predicted molar refractivity (Wildman–Crippen MR) is 55.1 cm³/mol.